The second kappa shape index (κ2) is 4.52. The Labute approximate surface area is 105 Å². The minimum absolute atomic E-state index is 0.439. The van der Waals surface area contributed by atoms with E-state index in [1.54, 1.807) is 0 Å². The molecule has 17 heavy (non-hydrogen) atoms. The fraction of sp³-hybridized carbons (Fsp3) is 1.00. The molecule has 0 spiro atoms. The van der Waals surface area contributed by atoms with Gasteiger partial charge in [-0.1, -0.05) is 0 Å². The quantitative estimate of drug-likeness (QED) is 0.749. The molecule has 3 nitrogen and oxygen atoms in total. The van der Waals surface area contributed by atoms with Gasteiger partial charge < -0.3 is 10.1 Å². The van der Waals surface area contributed by atoms with Gasteiger partial charge in [-0.15, -0.1) is 0 Å². The molecule has 0 saturated carbocycles. The van der Waals surface area contributed by atoms with Crippen LogP contribution in [-0.2, 0) is 4.74 Å². The van der Waals surface area contributed by atoms with Crippen LogP contribution in [0.2, 0.25) is 0 Å². The van der Waals surface area contributed by atoms with Crippen LogP contribution in [0, 0.1) is 11.8 Å². The fourth-order valence-electron chi connectivity index (χ4n) is 4.32. The summed E-state index contributed by atoms with van der Waals surface area (Å²) < 4.78 is 5.87. The Hall–Kier alpha value is -0.120. The standard InChI is InChI=1S/C14H26N2O/c1-9-4-13(5-10(2)17-9)16-8-12-6-15-7-14(12)11(16)3/h9-15H,4-8H2,1-3H3. The molecule has 1 N–H and O–H groups in total. The van der Waals surface area contributed by atoms with Crippen molar-refractivity contribution in [1.29, 1.82) is 0 Å². The number of likely N-dealkylation sites (tertiary alicyclic amines) is 1. The molecule has 3 heteroatoms. The minimum Gasteiger partial charge on any atom is -0.375 e. The zero-order valence-corrected chi connectivity index (χ0v) is 11.4. The predicted octanol–water partition coefficient (Wildman–Crippen LogP) is 1.48. The van der Waals surface area contributed by atoms with E-state index in [9.17, 15) is 0 Å². The summed E-state index contributed by atoms with van der Waals surface area (Å²) in [5.41, 5.74) is 0. The number of fused-ring (bicyclic) bond motifs is 1. The van der Waals surface area contributed by atoms with Crippen molar-refractivity contribution in [2.45, 2.75) is 57.9 Å². The number of rotatable bonds is 1. The van der Waals surface area contributed by atoms with E-state index >= 15 is 0 Å². The highest BCUT2D eigenvalue weighted by Gasteiger charge is 2.45. The van der Waals surface area contributed by atoms with E-state index in [2.05, 4.69) is 31.0 Å². The van der Waals surface area contributed by atoms with Crippen LogP contribution in [-0.4, -0.2) is 48.8 Å². The second-order valence-electron chi connectivity index (χ2n) is 6.40. The molecule has 0 radical (unpaired) electrons. The molecule has 0 aliphatic carbocycles. The molecule has 0 aromatic rings. The lowest BCUT2D eigenvalue weighted by molar-refractivity contribution is -0.0677. The highest BCUT2D eigenvalue weighted by atomic mass is 16.5. The van der Waals surface area contributed by atoms with Crippen LogP contribution >= 0.6 is 0 Å². The summed E-state index contributed by atoms with van der Waals surface area (Å²) in [5, 5.41) is 3.54. The molecule has 0 aromatic heterocycles. The number of nitrogens with one attached hydrogen (secondary N) is 1. The van der Waals surface area contributed by atoms with Gasteiger partial charge in [0.1, 0.15) is 0 Å². The van der Waals surface area contributed by atoms with Gasteiger partial charge in [0.25, 0.3) is 0 Å². The van der Waals surface area contributed by atoms with Crippen molar-refractivity contribution in [3.63, 3.8) is 0 Å². The number of ether oxygens (including phenoxy) is 1. The lowest BCUT2D eigenvalue weighted by Crippen LogP contribution is -2.47. The fourth-order valence-corrected chi connectivity index (χ4v) is 4.32. The van der Waals surface area contributed by atoms with Crippen LogP contribution in [0.3, 0.4) is 0 Å². The molecule has 3 saturated heterocycles. The smallest absolute Gasteiger partial charge is 0.0565 e. The van der Waals surface area contributed by atoms with Gasteiger partial charge in [0, 0.05) is 18.6 Å². The lowest BCUT2D eigenvalue weighted by Gasteiger charge is -2.40. The number of hydrogen-bond donors (Lipinski definition) is 1. The van der Waals surface area contributed by atoms with Gasteiger partial charge in [-0.3, -0.25) is 4.90 Å². The Morgan fingerprint density at radius 3 is 2.41 bits per heavy atom. The van der Waals surface area contributed by atoms with Crippen LogP contribution in [0.15, 0.2) is 0 Å². The van der Waals surface area contributed by atoms with Crippen LogP contribution in [0.1, 0.15) is 33.6 Å². The van der Waals surface area contributed by atoms with E-state index in [4.69, 9.17) is 4.74 Å². The topological polar surface area (TPSA) is 24.5 Å². The van der Waals surface area contributed by atoms with Crippen molar-refractivity contribution in [2.24, 2.45) is 11.8 Å². The van der Waals surface area contributed by atoms with Gasteiger partial charge in [0.05, 0.1) is 12.2 Å². The molecule has 0 aromatic carbocycles. The molecule has 3 aliphatic heterocycles. The molecule has 3 fully saturated rings. The number of nitrogens with zero attached hydrogens (tertiary/aromatic N) is 1. The van der Waals surface area contributed by atoms with Gasteiger partial charge in [-0.25, -0.2) is 0 Å². The molecule has 0 amide bonds. The van der Waals surface area contributed by atoms with Crippen molar-refractivity contribution in [3.8, 4) is 0 Å². The van der Waals surface area contributed by atoms with E-state index in [-0.39, 0.29) is 0 Å². The van der Waals surface area contributed by atoms with Crippen LogP contribution in [0.5, 0.6) is 0 Å². The molecule has 3 heterocycles. The first-order valence-electron chi connectivity index (χ1n) is 7.27. The van der Waals surface area contributed by atoms with Crippen molar-refractivity contribution < 1.29 is 4.74 Å². The molecular weight excluding hydrogens is 212 g/mol. The van der Waals surface area contributed by atoms with Crippen molar-refractivity contribution in [3.05, 3.63) is 0 Å². The molecule has 0 bridgehead atoms. The summed E-state index contributed by atoms with van der Waals surface area (Å²) >= 11 is 0. The molecule has 98 valence electrons. The third kappa shape index (κ3) is 2.13. The Morgan fingerprint density at radius 1 is 1.06 bits per heavy atom. The summed E-state index contributed by atoms with van der Waals surface area (Å²) in [6.45, 7) is 10.7. The summed E-state index contributed by atoms with van der Waals surface area (Å²) in [6.07, 6.45) is 3.33. The normalized spacial score (nSPS) is 51.7. The lowest BCUT2D eigenvalue weighted by atomic mass is 9.94. The van der Waals surface area contributed by atoms with E-state index in [1.807, 2.05) is 0 Å². The van der Waals surface area contributed by atoms with Crippen LogP contribution in [0.25, 0.3) is 0 Å². The van der Waals surface area contributed by atoms with E-state index in [0.717, 1.165) is 23.9 Å². The highest BCUT2D eigenvalue weighted by molar-refractivity contribution is 4.99. The van der Waals surface area contributed by atoms with E-state index < -0.39 is 0 Å². The largest absolute Gasteiger partial charge is 0.375 e. The Balaban J connectivity index is 1.68. The Kier molecular flexibility index (Phi) is 3.18. The third-order valence-corrected chi connectivity index (χ3v) is 5.12. The maximum Gasteiger partial charge on any atom is 0.0565 e. The zero-order chi connectivity index (χ0) is 12.0. The van der Waals surface area contributed by atoms with E-state index in [0.29, 0.717) is 12.2 Å². The first-order valence-corrected chi connectivity index (χ1v) is 7.27. The van der Waals surface area contributed by atoms with Gasteiger partial charge in [0.15, 0.2) is 0 Å². The molecule has 5 atom stereocenters. The average Bonchev–Trinajstić information content (AvgIpc) is 2.80. The Morgan fingerprint density at radius 2 is 1.76 bits per heavy atom. The first kappa shape index (κ1) is 11.9. The first-order chi connectivity index (χ1) is 8.15. The molecule has 5 unspecified atom stereocenters. The predicted molar refractivity (Wildman–Crippen MR) is 69.0 cm³/mol. The minimum atomic E-state index is 0.439. The van der Waals surface area contributed by atoms with Gasteiger partial charge >= 0.3 is 0 Å². The van der Waals surface area contributed by atoms with Crippen molar-refractivity contribution >= 4 is 0 Å². The third-order valence-electron chi connectivity index (χ3n) is 5.12. The van der Waals surface area contributed by atoms with E-state index in [1.165, 1.54) is 32.5 Å². The molecule has 3 aliphatic rings. The zero-order valence-electron chi connectivity index (χ0n) is 11.4. The monoisotopic (exact) mass is 238 g/mol. The Bertz CT molecular complexity index is 273. The van der Waals surface area contributed by atoms with Gasteiger partial charge in [-0.2, -0.15) is 0 Å². The van der Waals surface area contributed by atoms with Gasteiger partial charge in [0.2, 0.25) is 0 Å². The van der Waals surface area contributed by atoms with Crippen molar-refractivity contribution in [1.82, 2.24) is 10.2 Å². The summed E-state index contributed by atoms with van der Waals surface area (Å²) in [4.78, 5) is 2.78. The maximum absolute atomic E-state index is 5.87. The maximum atomic E-state index is 5.87. The highest BCUT2D eigenvalue weighted by Crippen LogP contribution is 2.37. The van der Waals surface area contributed by atoms with Crippen molar-refractivity contribution in [2.75, 3.05) is 19.6 Å². The average molecular weight is 238 g/mol. The molecular formula is C14H26N2O. The summed E-state index contributed by atoms with van der Waals surface area (Å²) in [5.74, 6) is 1.79. The SMILES string of the molecule is CC1CC(N2CC3CNCC3C2C)CC(C)O1. The second-order valence-corrected chi connectivity index (χ2v) is 6.40. The number of hydrogen-bond acceptors (Lipinski definition) is 3. The molecule has 3 rings (SSSR count). The van der Waals surface area contributed by atoms with Gasteiger partial charge in [-0.05, 0) is 58.5 Å². The summed E-state index contributed by atoms with van der Waals surface area (Å²) in [7, 11) is 0. The van der Waals surface area contributed by atoms with Crippen LogP contribution in [0.4, 0.5) is 0 Å². The van der Waals surface area contributed by atoms with Crippen LogP contribution < -0.4 is 5.32 Å². The summed E-state index contributed by atoms with van der Waals surface area (Å²) in [6, 6.07) is 1.52.